The van der Waals surface area contributed by atoms with E-state index in [9.17, 15) is 24.6 Å². The van der Waals surface area contributed by atoms with E-state index in [4.69, 9.17) is 0 Å². The molecule has 144 valence electrons. The Morgan fingerprint density at radius 1 is 1.35 bits per heavy atom. The number of amides is 2. The summed E-state index contributed by atoms with van der Waals surface area (Å²) in [5, 5.41) is 19.5. The Hall–Kier alpha value is -1.58. The van der Waals surface area contributed by atoms with E-state index >= 15 is 0 Å². The maximum Gasteiger partial charge on any atom is 0.353 e. The van der Waals surface area contributed by atoms with Gasteiger partial charge in [-0.2, -0.15) is 0 Å². The van der Waals surface area contributed by atoms with Crippen LogP contribution in [0.5, 0.6) is 0 Å². The van der Waals surface area contributed by atoms with Crippen LogP contribution < -0.4 is 0 Å². The molecule has 0 spiro atoms. The second kappa shape index (κ2) is 6.86. The molecule has 0 aromatic carbocycles. The highest BCUT2D eigenvalue weighted by atomic mass is 32.2. The molecule has 8 nitrogen and oxygen atoms in total. The number of nitrogens with zero attached hydrogens (tertiary/aromatic N) is 3. The summed E-state index contributed by atoms with van der Waals surface area (Å²) < 4.78 is 0. The molecule has 3 aliphatic rings. The summed E-state index contributed by atoms with van der Waals surface area (Å²) in [4.78, 5) is 41.8. The number of carbonyl (C=O) groups excluding carboxylic acids is 2. The summed E-state index contributed by atoms with van der Waals surface area (Å²) >= 11 is 1.46. The fourth-order valence-corrected chi connectivity index (χ4v) is 5.72. The van der Waals surface area contributed by atoms with Gasteiger partial charge in [-0.25, -0.2) is 4.79 Å². The summed E-state index contributed by atoms with van der Waals surface area (Å²) in [6, 6.07) is -0.476. The Balaban J connectivity index is 1.75. The van der Waals surface area contributed by atoms with Crippen LogP contribution in [0.15, 0.2) is 10.6 Å². The van der Waals surface area contributed by atoms with Gasteiger partial charge in [0.05, 0.1) is 24.1 Å². The van der Waals surface area contributed by atoms with Gasteiger partial charge in [0.15, 0.2) is 0 Å². The molecule has 0 aromatic heterocycles. The number of rotatable bonds is 5. The summed E-state index contributed by atoms with van der Waals surface area (Å²) in [5.74, 6) is -1.92. The summed E-state index contributed by atoms with van der Waals surface area (Å²) in [5.41, 5.74) is 0.0481. The monoisotopic (exact) mass is 383 g/mol. The van der Waals surface area contributed by atoms with Crippen LogP contribution in [0.1, 0.15) is 19.8 Å². The van der Waals surface area contributed by atoms with E-state index in [0.29, 0.717) is 24.3 Å². The first-order chi connectivity index (χ1) is 12.1. The van der Waals surface area contributed by atoms with E-state index in [0.717, 1.165) is 0 Å². The van der Waals surface area contributed by atoms with E-state index in [1.807, 2.05) is 11.9 Å². The van der Waals surface area contributed by atoms with E-state index in [1.165, 1.54) is 16.7 Å². The van der Waals surface area contributed by atoms with E-state index in [1.54, 1.807) is 25.9 Å². The molecule has 3 unspecified atom stereocenters. The van der Waals surface area contributed by atoms with Gasteiger partial charge in [-0.05, 0) is 20.4 Å². The highest BCUT2D eigenvalue weighted by molar-refractivity contribution is 8.03. The average Bonchev–Trinajstić information content (AvgIpc) is 3.04. The molecule has 3 aliphatic heterocycles. The Kier molecular flexibility index (Phi) is 5.06. The lowest BCUT2D eigenvalue weighted by molar-refractivity contribution is -0.161. The second-order valence-electron chi connectivity index (χ2n) is 7.49. The fourth-order valence-electron chi connectivity index (χ4n) is 4.16. The van der Waals surface area contributed by atoms with Crippen LogP contribution in [-0.4, -0.2) is 93.8 Å². The molecule has 0 bridgehead atoms. The smallest absolute Gasteiger partial charge is 0.353 e. The summed E-state index contributed by atoms with van der Waals surface area (Å²) in [6.07, 6.45) is 0.315. The van der Waals surface area contributed by atoms with Gasteiger partial charge in [-0.15, -0.1) is 11.8 Å². The van der Waals surface area contributed by atoms with E-state index in [-0.39, 0.29) is 34.8 Å². The highest BCUT2D eigenvalue weighted by Crippen LogP contribution is 2.49. The molecule has 3 heterocycles. The van der Waals surface area contributed by atoms with Crippen LogP contribution in [-0.2, 0) is 14.4 Å². The third kappa shape index (κ3) is 3.01. The number of aliphatic hydroxyl groups excluding tert-OH is 1. The van der Waals surface area contributed by atoms with E-state index < -0.39 is 18.0 Å². The van der Waals surface area contributed by atoms with Crippen molar-refractivity contribution < 1.29 is 24.6 Å². The normalized spacial score (nSPS) is 32.5. The molecule has 2 N–H and O–H groups in total. The van der Waals surface area contributed by atoms with Crippen molar-refractivity contribution in [1.29, 1.82) is 0 Å². The topological polar surface area (TPSA) is 101 Å². The number of carbonyl (C=O) groups is 3. The summed E-state index contributed by atoms with van der Waals surface area (Å²) in [7, 11) is 5.35. The molecule has 0 saturated carbocycles. The van der Waals surface area contributed by atoms with Crippen molar-refractivity contribution in [2.24, 2.45) is 5.92 Å². The van der Waals surface area contributed by atoms with Gasteiger partial charge in [-0.3, -0.25) is 14.5 Å². The number of thioether (sulfide) groups is 1. The van der Waals surface area contributed by atoms with Gasteiger partial charge in [0.2, 0.25) is 11.8 Å². The van der Waals surface area contributed by atoms with Crippen LogP contribution in [0.25, 0.3) is 0 Å². The zero-order valence-electron chi connectivity index (χ0n) is 15.4. The molecule has 0 aliphatic carbocycles. The number of hydrogen-bond donors (Lipinski definition) is 2. The molecule has 2 fully saturated rings. The minimum Gasteiger partial charge on any atom is -0.477 e. The van der Waals surface area contributed by atoms with Crippen molar-refractivity contribution in [3.05, 3.63) is 10.6 Å². The quantitative estimate of drug-likeness (QED) is 0.634. The number of aliphatic hydroxyl groups is 1. The Morgan fingerprint density at radius 3 is 2.54 bits per heavy atom. The first kappa shape index (κ1) is 19.2. The first-order valence-electron chi connectivity index (χ1n) is 8.69. The predicted octanol–water partition coefficient (Wildman–Crippen LogP) is -0.212. The number of aliphatic carboxylic acids is 1. The number of hydrogen-bond acceptors (Lipinski definition) is 6. The summed E-state index contributed by atoms with van der Waals surface area (Å²) in [6.45, 7) is 2.25. The standard InChI is InChI=1S/C17H25N3O5S/c1-8(21)13-10-6-12(14(17(24)25)20(10)16(13)23)26-9-5-11(19(4)7-9)15(22)18(2)3/h8-11,13,21H,5-7H2,1-4H3,(H,24,25)/t8?,9?,10-,11?,13+/m0/s1. The number of likely N-dealkylation sites (tertiary alicyclic amines) is 1. The Morgan fingerprint density at radius 2 is 2.00 bits per heavy atom. The zero-order valence-corrected chi connectivity index (χ0v) is 16.2. The number of fused-ring (bicyclic) bond motifs is 1. The molecule has 2 amide bonds. The van der Waals surface area contributed by atoms with Gasteiger partial charge in [-0.1, -0.05) is 0 Å². The van der Waals surface area contributed by atoms with Gasteiger partial charge >= 0.3 is 5.97 Å². The predicted molar refractivity (Wildman–Crippen MR) is 96.2 cm³/mol. The fraction of sp³-hybridized carbons (Fsp3) is 0.706. The SMILES string of the molecule is CC(O)[C@H]1C(=O)N2C(C(=O)O)=C(SC3CC(C(=O)N(C)C)N(C)C3)C[C@@H]12. The second-order valence-corrected chi connectivity index (χ2v) is 8.88. The van der Waals surface area contributed by atoms with Gasteiger partial charge in [0.1, 0.15) is 5.70 Å². The third-order valence-corrected chi connectivity index (χ3v) is 6.75. The van der Waals surface area contributed by atoms with Gasteiger partial charge in [0.25, 0.3) is 0 Å². The maximum absolute atomic E-state index is 12.3. The molecule has 5 atom stereocenters. The van der Waals surface area contributed by atoms with Crippen LogP contribution in [0.3, 0.4) is 0 Å². The number of carboxylic acids is 1. The number of carboxylic acid groups (broad SMARTS) is 1. The molecule has 3 rings (SSSR count). The maximum atomic E-state index is 12.3. The minimum absolute atomic E-state index is 0.0441. The van der Waals surface area contributed by atoms with Crippen molar-refractivity contribution in [3.8, 4) is 0 Å². The third-order valence-electron chi connectivity index (χ3n) is 5.44. The minimum atomic E-state index is -1.11. The Labute approximate surface area is 156 Å². The Bertz CT molecular complexity index is 677. The molecule has 26 heavy (non-hydrogen) atoms. The lowest BCUT2D eigenvalue weighted by Crippen LogP contribution is -2.61. The van der Waals surface area contributed by atoms with Crippen molar-refractivity contribution in [2.75, 3.05) is 27.7 Å². The van der Waals surface area contributed by atoms with Gasteiger partial charge in [0, 0.05) is 37.2 Å². The number of β-lactam (4-membered cyclic amide) rings is 1. The molecule has 0 radical (unpaired) electrons. The first-order valence-corrected chi connectivity index (χ1v) is 9.57. The number of likely N-dealkylation sites (N-methyl/N-ethyl adjacent to an activating group) is 2. The molecule has 2 saturated heterocycles. The molecular formula is C17H25N3O5S. The van der Waals surface area contributed by atoms with Crippen molar-refractivity contribution in [3.63, 3.8) is 0 Å². The molecule has 0 aromatic rings. The van der Waals surface area contributed by atoms with Crippen LogP contribution in [0, 0.1) is 5.92 Å². The lowest BCUT2D eigenvalue weighted by atomic mass is 9.83. The van der Waals surface area contributed by atoms with Crippen molar-refractivity contribution in [2.45, 2.75) is 43.2 Å². The van der Waals surface area contributed by atoms with Crippen molar-refractivity contribution >= 4 is 29.5 Å². The van der Waals surface area contributed by atoms with Gasteiger partial charge < -0.3 is 20.0 Å². The van der Waals surface area contributed by atoms with Crippen LogP contribution in [0.2, 0.25) is 0 Å². The largest absolute Gasteiger partial charge is 0.477 e. The lowest BCUT2D eigenvalue weighted by Gasteiger charge is -2.44. The van der Waals surface area contributed by atoms with Crippen LogP contribution >= 0.6 is 11.8 Å². The van der Waals surface area contributed by atoms with Crippen LogP contribution in [0.4, 0.5) is 0 Å². The van der Waals surface area contributed by atoms with E-state index in [2.05, 4.69) is 0 Å². The molecule has 9 heteroatoms. The average molecular weight is 383 g/mol. The van der Waals surface area contributed by atoms with Crippen molar-refractivity contribution in [1.82, 2.24) is 14.7 Å². The highest BCUT2D eigenvalue weighted by Gasteiger charge is 2.57. The molecular weight excluding hydrogens is 358 g/mol. The zero-order chi connectivity index (χ0) is 19.3.